The molecule has 1 amide bonds. The van der Waals surface area contributed by atoms with Gasteiger partial charge in [-0.05, 0) is 49.4 Å². The van der Waals surface area contributed by atoms with Crippen LogP contribution in [0.1, 0.15) is 6.92 Å². The van der Waals surface area contributed by atoms with Crippen LogP contribution >= 0.6 is 15.9 Å². The van der Waals surface area contributed by atoms with E-state index < -0.39 is 40.4 Å². The maximum Gasteiger partial charge on any atom is 0.321 e. The summed E-state index contributed by atoms with van der Waals surface area (Å²) in [6, 6.07) is 9.59. The zero-order chi connectivity index (χ0) is 21.6. The molecule has 2 rings (SSSR count). The smallest absolute Gasteiger partial charge is 0.321 e. The first-order valence-electron chi connectivity index (χ1n) is 8.21. The first-order valence-corrected chi connectivity index (χ1v) is 10.5. The lowest BCUT2D eigenvalue weighted by Crippen LogP contribution is -2.36. The Morgan fingerprint density at radius 1 is 1.17 bits per heavy atom. The lowest BCUT2D eigenvalue weighted by molar-refractivity contribution is -0.151. The van der Waals surface area contributed by atoms with Crippen molar-refractivity contribution in [1.29, 1.82) is 0 Å². The summed E-state index contributed by atoms with van der Waals surface area (Å²) >= 11 is 3.10. The number of hydrogen-bond donors (Lipinski definition) is 2. The van der Waals surface area contributed by atoms with E-state index in [1.54, 1.807) is 0 Å². The molecule has 0 spiro atoms. The highest BCUT2D eigenvalue weighted by molar-refractivity contribution is 9.10. The van der Waals surface area contributed by atoms with Crippen LogP contribution in [0.4, 0.5) is 10.1 Å². The largest absolute Gasteiger partial charge is 0.497 e. The number of halogens is 2. The molecule has 0 saturated heterocycles. The highest BCUT2D eigenvalue weighted by Crippen LogP contribution is 2.19. The number of carbonyl (C=O) groups excluding carboxylic acids is 2. The van der Waals surface area contributed by atoms with Gasteiger partial charge in [0.1, 0.15) is 18.1 Å². The molecule has 2 aromatic rings. The van der Waals surface area contributed by atoms with Gasteiger partial charge in [0.05, 0.1) is 17.7 Å². The first-order chi connectivity index (χ1) is 13.6. The van der Waals surface area contributed by atoms with Gasteiger partial charge in [0, 0.05) is 4.47 Å². The molecular weight excluding hydrogens is 471 g/mol. The van der Waals surface area contributed by atoms with Crippen molar-refractivity contribution < 1.29 is 31.9 Å². The van der Waals surface area contributed by atoms with Gasteiger partial charge in [-0.3, -0.25) is 9.59 Å². The fraction of sp³-hybridized carbons (Fsp3) is 0.222. The van der Waals surface area contributed by atoms with E-state index in [-0.39, 0.29) is 10.6 Å². The van der Waals surface area contributed by atoms with Gasteiger partial charge in [0.15, 0.2) is 6.10 Å². The summed E-state index contributed by atoms with van der Waals surface area (Å²) in [4.78, 5) is 23.9. The number of esters is 1. The van der Waals surface area contributed by atoms with Gasteiger partial charge in [0.25, 0.3) is 5.91 Å². The molecule has 0 aromatic heterocycles. The van der Waals surface area contributed by atoms with Gasteiger partial charge < -0.3 is 14.8 Å². The number of rotatable bonds is 8. The Balaban J connectivity index is 1.89. The highest BCUT2D eigenvalue weighted by Gasteiger charge is 2.21. The molecule has 0 heterocycles. The van der Waals surface area contributed by atoms with E-state index in [0.29, 0.717) is 10.2 Å². The van der Waals surface area contributed by atoms with Crippen molar-refractivity contribution in [1.82, 2.24) is 4.72 Å². The fourth-order valence-corrected chi connectivity index (χ4v) is 3.41. The first kappa shape index (κ1) is 22.8. The average molecular weight is 489 g/mol. The monoisotopic (exact) mass is 488 g/mol. The number of amides is 1. The second-order valence-corrected chi connectivity index (χ2v) is 8.43. The molecule has 0 aliphatic carbocycles. The molecule has 1 unspecified atom stereocenters. The summed E-state index contributed by atoms with van der Waals surface area (Å²) in [5.74, 6) is -1.93. The molecule has 2 N–H and O–H groups in total. The molecule has 29 heavy (non-hydrogen) atoms. The van der Waals surface area contributed by atoms with Crippen molar-refractivity contribution in [2.75, 3.05) is 19.0 Å². The molecule has 2 aromatic carbocycles. The minimum absolute atomic E-state index is 0.0670. The molecule has 0 fully saturated rings. The van der Waals surface area contributed by atoms with Gasteiger partial charge >= 0.3 is 5.97 Å². The number of nitrogens with one attached hydrogen (secondary N) is 2. The average Bonchev–Trinajstić information content (AvgIpc) is 2.68. The van der Waals surface area contributed by atoms with Crippen LogP contribution in [0.25, 0.3) is 0 Å². The molecule has 8 nitrogen and oxygen atoms in total. The topological polar surface area (TPSA) is 111 Å². The lowest BCUT2D eigenvalue weighted by Gasteiger charge is -2.14. The lowest BCUT2D eigenvalue weighted by atomic mass is 10.3. The number of anilines is 1. The van der Waals surface area contributed by atoms with Crippen molar-refractivity contribution in [2.45, 2.75) is 17.9 Å². The van der Waals surface area contributed by atoms with Crippen molar-refractivity contribution in [3.8, 4) is 5.75 Å². The maximum absolute atomic E-state index is 13.8. The molecule has 156 valence electrons. The number of methoxy groups -OCH3 is 1. The number of ether oxygens (including phenoxy) is 2. The minimum Gasteiger partial charge on any atom is -0.497 e. The van der Waals surface area contributed by atoms with Crippen LogP contribution in [-0.2, 0) is 24.3 Å². The molecular formula is C18H18BrFN2O6S. The quantitative estimate of drug-likeness (QED) is 0.552. The molecule has 0 bridgehead atoms. The fourth-order valence-electron chi connectivity index (χ4n) is 2.11. The zero-order valence-electron chi connectivity index (χ0n) is 15.4. The van der Waals surface area contributed by atoms with Crippen LogP contribution in [-0.4, -0.2) is 40.1 Å². The Morgan fingerprint density at radius 2 is 1.83 bits per heavy atom. The van der Waals surface area contributed by atoms with Crippen LogP contribution in [0.3, 0.4) is 0 Å². The van der Waals surface area contributed by atoms with Gasteiger partial charge in [0.2, 0.25) is 10.0 Å². The Bertz CT molecular complexity index is 998. The standard InChI is InChI=1S/C18H18BrFN2O6S/c1-11(18(24)22-16-8-3-12(19)9-15(16)20)28-17(23)10-21-29(25,26)14-6-4-13(27-2)5-7-14/h3-9,11,21H,10H2,1-2H3,(H,22,24). The van der Waals surface area contributed by atoms with Crippen molar-refractivity contribution in [3.63, 3.8) is 0 Å². The van der Waals surface area contributed by atoms with E-state index in [2.05, 4.69) is 26.0 Å². The van der Waals surface area contributed by atoms with E-state index in [9.17, 15) is 22.4 Å². The van der Waals surface area contributed by atoms with E-state index >= 15 is 0 Å². The molecule has 0 aliphatic rings. The van der Waals surface area contributed by atoms with Gasteiger partial charge in [-0.1, -0.05) is 15.9 Å². The number of carbonyl (C=O) groups is 2. The second-order valence-electron chi connectivity index (χ2n) is 5.75. The van der Waals surface area contributed by atoms with Crippen LogP contribution < -0.4 is 14.8 Å². The summed E-state index contributed by atoms with van der Waals surface area (Å²) in [6.07, 6.45) is -1.27. The third-order valence-electron chi connectivity index (χ3n) is 3.64. The summed E-state index contributed by atoms with van der Waals surface area (Å²) in [5.41, 5.74) is -0.0821. The van der Waals surface area contributed by atoms with Crippen LogP contribution in [0.5, 0.6) is 5.75 Å². The summed E-state index contributed by atoms with van der Waals surface area (Å²) in [5, 5.41) is 2.29. The Kier molecular flexibility index (Phi) is 7.71. The SMILES string of the molecule is COc1ccc(S(=O)(=O)NCC(=O)OC(C)C(=O)Nc2ccc(Br)cc2F)cc1. The Morgan fingerprint density at radius 3 is 2.41 bits per heavy atom. The van der Waals surface area contributed by atoms with Gasteiger partial charge in [-0.25, -0.2) is 12.8 Å². The van der Waals surface area contributed by atoms with Crippen molar-refractivity contribution in [2.24, 2.45) is 0 Å². The summed E-state index contributed by atoms with van der Waals surface area (Å²) in [7, 11) is -2.51. The van der Waals surface area contributed by atoms with Crippen LogP contribution in [0.2, 0.25) is 0 Å². The zero-order valence-corrected chi connectivity index (χ0v) is 17.8. The second kappa shape index (κ2) is 9.81. The van der Waals surface area contributed by atoms with Crippen molar-refractivity contribution in [3.05, 3.63) is 52.8 Å². The molecule has 0 aliphatic heterocycles. The third kappa shape index (κ3) is 6.51. The number of hydrogen-bond acceptors (Lipinski definition) is 6. The third-order valence-corrected chi connectivity index (χ3v) is 5.55. The molecule has 0 saturated carbocycles. The van der Waals surface area contributed by atoms with E-state index in [1.807, 2.05) is 0 Å². The maximum atomic E-state index is 13.8. The van der Waals surface area contributed by atoms with Gasteiger partial charge in [-0.2, -0.15) is 4.72 Å². The minimum atomic E-state index is -3.96. The Hall–Kier alpha value is -2.50. The predicted molar refractivity (Wildman–Crippen MR) is 106 cm³/mol. The number of sulfonamides is 1. The van der Waals surface area contributed by atoms with E-state index in [4.69, 9.17) is 9.47 Å². The van der Waals surface area contributed by atoms with Crippen LogP contribution in [0, 0.1) is 5.82 Å². The van der Waals surface area contributed by atoms with Crippen molar-refractivity contribution >= 4 is 43.5 Å². The Labute approximate surface area is 175 Å². The highest BCUT2D eigenvalue weighted by atomic mass is 79.9. The van der Waals surface area contributed by atoms with E-state index in [0.717, 1.165) is 0 Å². The summed E-state index contributed by atoms with van der Waals surface area (Å²) in [6.45, 7) is 0.598. The number of benzene rings is 2. The van der Waals surface area contributed by atoms with Crippen LogP contribution in [0.15, 0.2) is 51.8 Å². The van der Waals surface area contributed by atoms with E-state index in [1.165, 1.54) is 56.5 Å². The predicted octanol–water partition coefficient (Wildman–Crippen LogP) is 2.45. The molecule has 11 heteroatoms. The van der Waals surface area contributed by atoms with Gasteiger partial charge in [-0.15, -0.1) is 0 Å². The molecule has 1 atom stereocenters. The molecule has 0 radical (unpaired) electrons. The normalized spacial score (nSPS) is 12.1. The summed E-state index contributed by atoms with van der Waals surface area (Å²) < 4.78 is 50.5.